The average Bonchev–Trinajstić information content (AvgIpc) is 3.06. The fourth-order valence-corrected chi connectivity index (χ4v) is 3.62. The van der Waals surface area contributed by atoms with Crippen LogP contribution >= 0.6 is 11.6 Å². The molecule has 0 aromatic heterocycles. The van der Waals surface area contributed by atoms with E-state index in [1.165, 1.54) is 6.08 Å². The van der Waals surface area contributed by atoms with Gasteiger partial charge in [0.05, 0.1) is 11.4 Å². The second-order valence-electron chi connectivity index (χ2n) is 6.50. The first-order chi connectivity index (χ1) is 12.6. The Hall–Kier alpha value is -2.79. The number of benzene rings is 2. The molecule has 2 atom stereocenters. The minimum Gasteiger partial charge on any atom is -0.356 e. The normalized spacial score (nSPS) is 21.3. The van der Waals surface area contributed by atoms with Gasteiger partial charge in [-0.15, -0.1) is 0 Å². The number of nitrogens with zero attached hydrogens (tertiary/aromatic N) is 1. The van der Waals surface area contributed by atoms with Crippen molar-refractivity contribution in [2.24, 2.45) is 0 Å². The quantitative estimate of drug-likeness (QED) is 0.819. The number of fused-ring (bicyclic) bond motifs is 3. The van der Waals surface area contributed by atoms with Gasteiger partial charge in [-0.25, -0.2) is 0 Å². The summed E-state index contributed by atoms with van der Waals surface area (Å²) in [5, 5.41) is 6.59. The van der Waals surface area contributed by atoms with Gasteiger partial charge >= 0.3 is 0 Å². The van der Waals surface area contributed by atoms with E-state index in [9.17, 15) is 9.59 Å². The van der Waals surface area contributed by atoms with E-state index in [-0.39, 0.29) is 23.9 Å². The van der Waals surface area contributed by atoms with Crippen LogP contribution in [-0.4, -0.2) is 30.4 Å². The van der Waals surface area contributed by atoms with Gasteiger partial charge in [-0.3, -0.25) is 9.59 Å². The van der Waals surface area contributed by atoms with Crippen LogP contribution in [0.2, 0.25) is 5.02 Å². The van der Waals surface area contributed by atoms with Crippen LogP contribution in [0.15, 0.2) is 54.6 Å². The van der Waals surface area contributed by atoms with Crippen molar-refractivity contribution in [3.8, 4) is 0 Å². The summed E-state index contributed by atoms with van der Waals surface area (Å²) in [6.07, 6.45) is 3.85. The number of carbonyl (C=O) groups excluding carboxylic acids is 2. The van der Waals surface area contributed by atoms with Gasteiger partial charge in [0, 0.05) is 23.7 Å². The lowest BCUT2D eigenvalue weighted by Crippen LogP contribution is -2.43. The summed E-state index contributed by atoms with van der Waals surface area (Å²) in [5.74, 6) is -0.185. The highest BCUT2D eigenvalue weighted by Crippen LogP contribution is 2.36. The molecular weight excluding hydrogens is 350 g/mol. The topological polar surface area (TPSA) is 61.4 Å². The van der Waals surface area contributed by atoms with E-state index in [0.29, 0.717) is 18.0 Å². The fraction of sp³-hybridized carbons (Fsp3) is 0.200. The van der Waals surface area contributed by atoms with Crippen LogP contribution in [0.5, 0.6) is 0 Å². The molecule has 2 N–H and O–H groups in total. The Morgan fingerprint density at radius 3 is 2.77 bits per heavy atom. The zero-order valence-electron chi connectivity index (χ0n) is 14.0. The summed E-state index contributed by atoms with van der Waals surface area (Å²) in [6.45, 7) is 0.621. The number of nitrogens with one attached hydrogen (secondary N) is 2. The van der Waals surface area contributed by atoms with Gasteiger partial charge in [0.15, 0.2) is 0 Å². The Kier molecular flexibility index (Phi) is 4.39. The standard InChI is InChI=1S/C20H18ClN3O2/c21-14-8-5-13(6-9-14)7-10-19(25)22-15-11-18-20(26)23-16-3-1-2-4-17(16)24(18)12-15/h1-10,15,18H,11-12H2,(H,22,25)(H,23,26)/b10-7+. The number of amides is 2. The molecule has 6 heteroatoms. The SMILES string of the molecule is O=C(/C=C/c1ccc(Cl)cc1)NC1CC2C(=O)Nc3ccccc3N2C1. The molecule has 1 saturated heterocycles. The average molecular weight is 368 g/mol. The van der Waals surface area contributed by atoms with Crippen molar-refractivity contribution in [1.82, 2.24) is 5.32 Å². The maximum Gasteiger partial charge on any atom is 0.247 e. The van der Waals surface area contributed by atoms with Crippen LogP contribution < -0.4 is 15.5 Å². The van der Waals surface area contributed by atoms with E-state index < -0.39 is 0 Å². The van der Waals surface area contributed by atoms with Crippen molar-refractivity contribution in [3.63, 3.8) is 0 Å². The fourth-order valence-electron chi connectivity index (χ4n) is 3.50. The molecule has 0 bridgehead atoms. The Morgan fingerprint density at radius 1 is 1.19 bits per heavy atom. The zero-order chi connectivity index (χ0) is 18.1. The Morgan fingerprint density at radius 2 is 1.96 bits per heavy atom. The summed E-state index contributed by atoms with van der Waals surface area (Å²) in [5.41, 5.74) is 2.73. The summed E-state index contributed by atoms with van der Waals surface area (Å²) in [7, 11) is 0. The van der Waals surface area contributed by atoms with E-state index in [1.807, 2.05) is 36.4 Å². The van der Waals surface area contributed by atoms with Gasteiger partial charge in [0.25, 0.3) is 0 Å². The highest BCUT2D eigenvalue weighted by atomic mass is 35.5. The van der Waals surface area contributed by atoms with Crippen molar-refractivity contribution in [3.05, 3.63) is 65.2 Å². The molecule has 2 amide bonds. The second kappa shape index (κ2) is 6.84. The lowest BCUT2D eigenvalue weighted by Gasteiger charge is -2.32. The summed E-state index contributed by atoms with van der Waals surface area (Å²) in [6, 6.07) is 14.7. The number of halogens is 1. The molecule has 26 heavy (non-hydrogen) atoms. The Balaban J connectivity index is 1.42. The van der Waals surface area contributed by atoms with Gasteiger partial charge in [-0.1, -0.05) is 35.9 Å². The number of rotatable bonds is 3. The first kappa shape index (κ1) is 16.7. The summed E-state index contributed by atoms with van der Waals surface area (Å²) >= 11 is 5.85. The predicted molar refractivity (Wildman–Crippen MR) is 103 cm³/mol. The molecule has 2 aliphatic heterocycles. The molecule has 2 unspecified atom stereocenters. The molecule has 2 heterocycles. The predicted octanol–water partition coefficient (Wildman–Crippen LogP) is 3.07. The van der Waals surface area contributed by atoms with E-state index in [4.69, 9.17) is 11.6 Å². The van der Waals surface area contributed by atoms with Crippen molar-refractivity contribution >= 4 is 40.9 Å². The van der Waals surface area contributed by atoms with E-state index in [2.05, 4.69) is 15.5 Å². The van der Waals surface area contributed by atoms with Crippen molar-refractivity contribution in [2.45, 2.75) is 18.5 Å². The molecule has 0 radical (unpaired) electrons. The summed E-state index contributed by atoms with van der Waals surface area (Å²) in [4.78, 5) is 26.6. The first-order valence-electron chi connectivity index (χ1n) is 8.51. The second-order valence-corrected chi connectivity index (χ2v) is 6.94. The summed E-state index contributed by atoms with van der Waals surface area (Å²) < 4.78 is 0. The van der Waals surface area contributed by atoms with Gasteiger partial charge in [-0.05, 0) is 42.3 Å². The Labute approximate surface area is 156 Å². The number of para-hydroxylation sites is 2. The maximum absolute atomic E-state index is 12.3. The van der Waals surface area contributed by atoms with Crippen LogP contribution in [0.25, 0.3) is 6.08 Å². The van der Waals surface area contributed by atoms with Crippen LogP contribution in [-0.2, 0) is 9.59 Å². The van der Waals surface area contributed by atoms with Crippen LogP contribution in [0.1, 0.15) is 12.0 Å². The maximum atomic E-state index is 12.3. The van der Waals surface area contributed by atoms with Crippen molar-refractivity contribution in [1.29, 1.82) is 0 Å². The number of anilines is 2. The third-order valence-electron chi connectivity index (χ3n) is 4.72. The molecular formula is C20H18ClN3O2. The van der Waals surface area contributed by atoms with Crippen LogP contribution in [0.4, 0.5) is 11.4 Å². The monoisotopic (exact) mass is 367 g/mol. The largest absolute Gasteiger partial charge is 0.356 e. The van der Waals surface area contributed by atoms with Gasteiger partial charge in [0.1, 0.15) is 6.04 Å². The molecule has 1 fully saturated rings. The molecule has 0 saturated carbocycles. The highest BCUT2D eigenvalue weighted by molar-refractivity contribution is 6.30. The van der Waals surface area contributed by atoms with Gasteiger partial charge < -0.3 is 15.5 Å². The van der Waals surface area contributed by atoms with Crippen molar-refractivity contribution < 1.29 is 9.59 Å². The lowest BCUT2D eigenvalue weighted by atomic mass is 10.1. The number of hydrogen-bond acceptors (Lipinski definition) is 3. The Bertz CT molecular complexity index is 879. The molecule has 2 aliphatic rings. The lowest BCUT2D eigenvalue weighted by molar-refractivity contribution is -0.118. The molecule has 0 spiro atoms. The van der Waals surface area contributed by atoms with Crippen LogP contribution in [0.3, 0.4) is 0 Å². The van der Waals surface area contributed by atoms with E-state index in [1.54, 1.807) is 18.2 Å². The minimum absolute atomic E-state index is 0.0165. The zero-order valence-corrected chi connectivity index (χ0v) is 14.7. The molecule has 5 nitrogen and oxygen atoms in total. The molecule has 4 rings (SSSR count). The third kappa shape index (κ3) is 3.30. The third-order valence-corrected chi connectivity index (χ3v) is 4.97. The highest BCUT2D eigenvalue weighted by Gasteiger charge is 2.41. The molecule has 132 valence electrons. The molecule has 0 aliphatic carbocycles. The minimum atomic E-state index is -0.240. The van der Waals surface area contributed by atoms with E-state index in [0.717, 1.165) is 16.9 Å². The van der Waals surface area contributed by atoms with Crippen LogP contribution in [0, 0.1) is 0 Å². The smallest absolute Gasteiger partial charge is 0.247 e. The number of carbonyl (C=O) groups is 2. The molecule has 2 aromatic rings. The van der Waals surface area contributed by atoms with Gasteiger partial charge in [-0.2, -0.15) is 0 Å². The number of hydrogen-bond donors (Lipinski definition) is 2. The van der Waals surface area contributed by atoms with Gasteiger partial charge in [0.2, 0.25) is 11.8 Å². The molecule has 2 aromatic carbocycles. The van der Waals surface area contributed by atoms with E-state index >= 15 is 0 Å². The van der Waals surface area contributed by atoms with Crippen molar-refractivity contribution in [2.75, 3.05) is 16.8 Å². The first-order valence-corrected chi connectivity index (χ1v) is 8.88.